The first-order chi connectivity index (χ1) is 14.5. The smallest absolute Gasteiger partial charge is 0.233 e. The summed E-state index contributed by atoms with van der Waals surface area (Å²) in [6.07, 6.45) is 3.72. The third-order valence-corrected chi connectivity index (χ3v) is 6.36. The lowest BCUT2D eigenvalue weighted by molar-refractivity contribution is -0.131. The Balaban J connectivity index is 1.57. The second-order valence-corrected chi connectivity index (χ2v) is 8.74. The van der Waals surface area contributed by atoms with Gasteiger partial charge >= 0.3 is 0 Å². The molecule has 30 heavy (non-hydrogen) atoms. The summed E-state index contributed by atoms with van der Waals surface area (Å²) in [5, 5.41) is 9.34. The highest BCUT2D eigenvalue weighted by atomic mass is 32.2. The average molecular weight is 430 g/mol. The van der Waals surface area contributed by atoms with E-state index < -0.39 is 0 Å². The summed E-state index contributed by atoms with van der Waals surface area (Å²) in [6, 6.07) is 8.22. The Bertz CT molecular complexity index is 865. The number of carbonyl (C=O) groups excluding carboxylic acids is 2. The van der Waals surface area contributed by atoms with Crippen LogP contribution in [0.25, 0.3) is 0 Å². The number of aryl methyl sites for hydroxylation is 1. The van der Waals surface area contributed by atoms with Crippen LogP contribution in [0, 0.1) is 6.92 Å². The summed E-state index contributed by atoms with van der Waals surface area (Å²) < 4.78 is 2.01. The molecule has 0 bridgehead atoms. The van der Waals surface area contributed by atoms with E-state index >= 15 is 0 Å². The topological polar surface area (TPSA) is 71.3 Å². The minimum Gasteiger partial charge on any atom is -0.341 e. The Morgan fingerprint density at radius 3 is 2.67 bits per heavy atom. The highest BCUT2D eigenvalue weighted by Gasteiger charge is 2.21. The van der Waals surface area contributed by atoms with Gasteiger partial charge in [-0.05, 0) is 32.3 Å². The minimum atomic E-state index is 0.0514. The lowest BCUT2D eigenvalue weighted by Crippen LogP contribution is -2.31. The van der Waals surface area contributed by atoms with E-state index in [0.717, 1.165) is 42.4 Å². The molecule has 1 aliphatic rings. The zero-order valence-corrected chi connectivity index (χ0v) is 19.0. The molecule has 3 rings (SSSR count). The molecule has 0 aliphatic carbocycles. The zero-order chi connectivity index (χ0) is 21.5. The van der Waals surface area contributed by atoms with Crippen molar-refractivity contribution in [2.75, 3.05) is 19.3 Å². The number of hydrogen-bond donors (Lipinski definition) is 0. The molecule has 0 unspecified atom stereocenters. The molecule has 1 aromatic heterocycles. The molecule has 2 aromatic rings. The number of likely N-dealkylation sites (tertiary alicyclic amines) is 1. The summed E-state index contributed by atoms with van der Waals surface area (Å²) in [5.41, 5.74) is 2.32. The third-order valence-electron chi connectivity index (χ3n) is 5.40. The van der Waals surface area contributed by atoms with Gasteiger partial charge in [-0.25, -0.2) is 0 Å². The second-order valence-electron chi connectivity index (χ2n) is 7.79. The number of hydrogen-bond acceptors (Lipinski definition) is 5. The fourth-order valence-corrected chi connectivity index (χ4v) is 4.49. The number of aromatic nitrogens is 3. The van der Waals surface area contributed by atoms with Gasteiger partial charge in [0.25, 0.3) is 0 Å². The zero-order valence-electron chi connectivity index (χ0n) is 18.1. The largest absolute Gasteiger partial charge is 0.341 e. The van der Waals surface area contributed by atoms with Crippen molar-refractivity contribution >= 4 is 23.6 Å². The number of nitrogens with zero attached hydrogens (tertiary/aromatic N) is 5. The third kappa shape index (κ3) is 5.84. The van der Waals surface area contributed by atoms with Crippen LogP contribution in [0.15, 0.2) is 29.4 Å². The van der Waals surface area contributed by atoms with Crippen molar-refractivity contribution in [1.82, 2.24) is 24.6 Å². The van der Waals surface area contributed by atoms with Crippen LogP contribution in [-0.2, 0) is 29.2 Å². The average Bonchev–Trinajstić information content (AvgIpc) is 3.01. The first kappa shape index (κ1) is 22.3. The summed E-state index contributed by atoms with van der Waals surface area (Å²) >= 11 is 1.40. The maximum atomic E-state index is 12.6. The van der Waals surface area contributed by atoms with Crippen molar-refractivity contribution in [3.8, 4) is 0 Å². The van der Waals surface area contributed by atoms with Gasteiger partial charge in [0.1, 0.15) is 0 Å². The molecule has 1 fully saturated rings. The predicted octanol–water partition coefficient (Wildman–Crippen LogP) is 3.26. The van der Waals surface area contributed by atoms with Crippen LogP contribution < -0.4 is 0 Å². The monoisotopic (exact) mass is 429 g/mol. The molecule has 0 spiro atoms. The number of thioether (sulfide) groups is 1. The van der Waals surface area contributed by atoms with Crippen molar-refractivity contribution in [2.45, 2.75) is 64.3 Å². The lowest BCUT2D eigenvalue weighted by Gasteiger charge is -2.20. The molecule has 0 N–H and O–H groups in total. The fourth-order valence-electron chi connectivity index (χ4n) is 3.53. The molecule has 0 saturated carbocycles. The van der Waals surface area contributed by atoms with Crippen LogP contribution in [0.1, 0.15) is 49.6 Å². The normalized spacial score (nSPS) is 14.6. The van der Waals surface area contributed by atoms with Crippen LogP contribution in [0.4, 0.5) is 0 Å². The minimum absolute atomic E-state index is 0.0514. The number of rotatable bonds is 8. The molecule has 1 aliphatic heterocycles. The number of benzene rings is 1. The van der Waals surface area contributed by atoms with Gasteiger partial charge in [-0.1, -0.05) is 48.0 Å². The SMILES string of the molecule is CCn1c(CN2CCCCCC2=O)nnc1SCC(=O)N(C)Cc1ccc(C)cc1. The standard InChI is InChI=1S/C22H31N5O2S/c1-4-27-19(15-26-13-7-5-6-8-20(26)28)23-24-22(27)30-16-21(29)25(3)14-18-11-9-17(2)10-12-18/h9-12H,4-8,13-16H2,1-3H3. The van der Waals surface area contributed by atoms with Gasteiger partial charge in [0.15, 0.2) is 11.0 Å². The predicted molar refractivity (Wildman–Crippen MR) is 118 cm³/mol. The molecular formula is C22H31N5O2S. The Labute approximate surface area is 182 Å². The first-order valence-electron chi connectivity index (χ1n) is 10.6. The van der Waals surface area contributed by atoms with Gasteiger partial charge in [0, 0.05) is 33.1 Å². The van der Waals surface area contributed by atoms with E-state index in [1.165, 1.54) is 17.3 Å². The molecule has 2 heterocycles. The van der Waals surface area contributed by atoms with Crippen LogP contribution in [0.2, 0.25) is 0 Å². The molecule has 0 atom stereocenters. The van der Waals surface area contributed by atoms with E-state index in [1.807, 2.05) is 23.4 Å². The Morgan fingerprint density at radius 1 is 1.17 bits per heavy atom. The summed E-state index contributed by atoms with van der Waals surface area (Å²) in [6.45, 7) is 6.65. The van der Waals surface area contributed by atoms with Crippen LogP contribution in [0.3, 0.4) is 0 Å². The Morgan fingerprint density at radius 2 is 1.93 bits per heavy atom. The molecule has 1 saturated heterocycles. The summed E-state index contributed by atoms with van der Waals surface area (Å²) in [5.74, 6) is 1.34. The lowest BCUT2D eigenvalue weighted by atomic mass is 10.1. The van der Waals surface area contributed by atoms with E-state index in [2.05, 4.69) is 41.4 Å². The van der Waals surface area contributed by atoms with Crippen molar-refractivity contribution in [1.29, 1.82) is 0 Å². The number of carbonyl (C=O) groups is 2. The van der Waals surface area contributed by atoms with E-state index in [4.69, 9.17) is 0 Å². The molecule has 1 aromatic carbocycles. The van der Waals surface area contributed by atoms with Crippen LogP contribution in [-0.4, -0.2) is 55.7 Å². The fraction of sp³-hybridized carbons (Fsp3) is 0.545. The van der Waals surface area contributed by atoms with Gasteiger partial charge in [0.2, 0.25) is 11.8 Å². The van der Waals surface area contributed by atoms with Crippen molar-refractivity contribution in [3.63, 3.8) is 0 Å². The van der Waals surface area contributed by atoms with Gasteiger partial charge in [-0.3, -0.25) is 9.59 Å². The molecule has 162 valence electrons. The van der Waals surface area contributed by atoms with Gasteiger partial charge in [0.05, 0.1) is 12.3 Å². The maximum Gasteiger partial charge on any atom is 0.233 e. The molecule has 7 nitrogen and oxygen atoms in total. The second kappa shape index (κ2) is 10.6. The van der Waals surface area contributed by atoms with Crippen molar-refractivity contribution in [2.24, 2.45) is 0 Å². The van der Waals surface area contributed by atoms with Crippen molar-refractivity contribution < 1.29 is 9.59 Å². The summed E-state index contributed by atoms with van der Waals surface area (Å²) in [4.78, 5) is 28.5. The van der Waals surface area contributed by atoms with Gasteiger partial charge in [-0.15, -0.1) is 10.2 Å². The Hall–Kier alpha value is -2.35. The van der Waals surface area contributed by atoms with Gasteiger partial charge < -0.3 is 14.4 Å². The quantitative estimate of drug-likeness (QED) is 0.603. The van der Waals surface area contributed by atoms with Crippen LogP contribution >= 0.6 is 11.8 Å². The maximum absolute atomic E-state index is 12.6. The van der Waals surface area contributed by atoms with E-state index in [9.17, 15) is 9.59 Å². The number of amides is 2. The molecule has 0 radical (unpaired) electrons. The summed E-state index contributed by atoms with van der Waals surface area (Å²) in [7, 11) is 1.82. The highest BCUT2D eigenvalue weighted by Crippen LogP contribution is 2.20. The van der Waals surface area contributed by atoms with Crippen LogP contribution in [0.5, 0.6) is 0 Å². The molecule has 2 amide bonds. The van der Waals surface area contributed by atoms with E-state index in [-0.39, 0.29) is 11.8 Å². The molecular weight excluding hydrogens is 398 g/mol. The van der Waals surface area contributed by atoms with E-state index in [0.29, 0.717) is 31.8 Å². The van der Waals surface area contributed by atoms with E-state index in [1.54, 1.807) is 4.90 Å². The van der Waals surface area contributed by atoms with Gasteiger partial charge in [-0.2, -0.15) is 0 Å². The highest BCUT2D eigenvalue weighted by molar-refractivity contribution is 7.99. The van der Waals surface area contributed by atoms with Crippen molar-refractivity contribution in [3.05, 3.63) is 41.2 Å². The molecule has 8 heteroatoms. The first-order valence-corrected chi connectivity index (χ1v) is 11.6. The Kier molecular flexibility index (Phi) is 7.90.